The summed E-state index contributed by atoms with van der Waals surface area (Å²) in [4.78, 5) is 5.06. The lowest BCUT2D eigenvalue weighted by Gasteiger charge is -2.08. The van der Waals surface area contributed by atoms with Crippen LogP contribution in [-0.4, -0.2) is 19.7 Å². The van der Waals surface area contributed by atoms with E-state index in [2.05, 4.69) is 16.1 Å². The van der Waals surface area contributed by atoms with E-state index in [0.29, 0.717) is 16.9 Å². The fourth-order valence-corrected chi connectivity index (χ4v) is 1.71. The molecule has 0 N–H and O–H groups in total. The van der Waals surface area contributed by atoms with Gasteiger partial charge < -0.3 is 14.3 Å². The number of methoxy groups -OCH3 is 1. The molecule has 7 heteroatoms. The van der Waals surface area contributed by atoms with Gasteiger partial charge in [-0.25, -0.2) is 0 Å². The maximum Gasteiger partial charge on any atom is 0.573 e. The normalized spacial score (nSPS) is 11.5. The van der Waals surface area contributed by atoms with Crippen molar-refractivity contribution in [3.63, 3.8) is 0 Å². The third-order valence-electron chi connectivity index (χ3n) is 2.73. The predicted molar refractivity (Wildman–Crippen MR) is 77.4 cm³/mol. The number of benzene rings is 2. The molecule has 4 nitrogen and oxygen atoms in total. The molecule has 0 unspecified atom stereocenters. The molecule has 0 spiro atoms. The van der Waals surface area contributed by atoms with Crippen LogP contribution in [0.5, 0.6) is 11.5 Å². The molecule has 0 aliphatic rings. The van der Waals surface area contributed by atoms with E-state index in [9.17, 15) is 13.2 Å². The number of alkyl halides is 3. The van der Waals surface area contributed by atoms with Gasteiger partial charge >= 0.3 is 6.36 Å². The molecule has 121 valence electrons. The van der Waals surface area contributed by atoms with E-state index in [0.717, 1.165) is 0 Å². The Hall–Kier alpha value is -2.70. The minimum atomic E-state index is -4.70. The van der Waals surface area contributed by atoms with Crippen LogP contribution >= 0.6 is 0 Å². The zero-order valence-electron chi connectivity index (χ0n) is 12.1. The van der Waals surface area contributed by atoms with Crippen LogP contribution in [0.3, 0.4) is 0 Å². The van der Waals surface area contributed by atoms with E-state index < -0.39 is 6.36 Å². The molecule has 0 aliphatic heterocycles. The van der Waals surface area contributed by atoms with Gasteiger partial charge in [-0.3, -0.25) is 0 Å². The summed E-state index contributed by atoms with van der Waals surface area (Å²) in [7, 11) is 1.53. The van der Waals surface area contributed by atoms with Crippen LogP contribution in [-0.2, 0) is 11.4 Å². The van der Waals surface area contributed by atoms with Gasteiger partial charge in [0, 0.05) is 5.56 Å². The van der Waals surface area contributed by atoms with E-state index in [4.69, 9.17) is 9.57 Å². The molecule has 2 aromatic carbocycles. The Morgan fingerprint density at radius 1 is 1.04 bits per heavy atom. The summed E-state index contributed by atoms with van der Waals surface area (Å²) in [5.74, 6) is 0.318. The zero-order chi connectivity index (χ0) is 16.7. The minimum absolute atomic E-state index is 0.0917. The summed E-state index contributed by atoms with van der Waals surface area (Å²) < 4.78 is 45.0. The van der Waals surface area contributed by atoms with Crippen molar-refractivity contribution >= 4 is 6.21 Å². The van der Waals surface area contributed by atoms with Crippen LogP contribution in [0.25, 0.3) is 0 Å². The van der Waals surface area contributed by atoms with Crippen molar-refractivity contribution in [2.75, 3.05) is 7.11 Å². The van der Waals surface area contributed by atoms with E-state index in [1.54, 1.807) is 18.2 Å². The van der Waals surface area contributed by atoms with Crippen LogP contribution in [0.4, 0.5) is 13.2 Å². The summed E-state index contributed by atoms with van der Waals surface area (Å²) in [5, 5.41) is 3.69. The highest BCUT2D eigenvalue weighted by atomic mass is 19.4. The number of rotatable bonds is 6. The molecule has 0 saturated heterocycles. The Morgan fingerprint density at radius 2 is 1.74 bits per heavy atom. The molecular formula is C16H13F3NO3. The Bertz CT molecular complexity index is 654. The van der Waals surface area contributed by atoms with E-state index in [1.807, 2.05) is 6.07 Å². The lowest BCUT2D eigenvalue weighted by atomic mass is 10.2. The summed E-state index contributed by atoms with van der Waals surface area (Å²) in [6, 6.07) is 12.5. The molecule has 0 amide bonds. The molecule has 0 saturated carbocycles. The molecule has 0 fully saturated rings. The number of nitrogens with zero attached hydrogens (tertiary/aromatic N) is 1. The molecule has 0 aromatic heterocycles. The van der Waals surface area contributed by atoms with Crippen LogP contribution in [0.2, 0.25) is 0 Å². The fourth-order valence-electron chi connectivity index (χ4n) is 1.71. The first-order valence-corrected chi connectivity index (χ1v) is 6.53. The number of para-hydroxylation sites is 1. The molecule has 0 aliphatic carbocycles. The van der Waals surface area contributed by atoms with E-state index in [-0.39, 0.29) is 12.4 Å². The first-order valence-electron chi connectivity index (χ1n) is 6.53. The Balaban J connectivity index is 1.87. The van der Waals surface area contributed by atoms with Crippen molar-refractivity contribution in [3.05, 3.63) is 59.7 Å². The number of hydrogen-bond acceptors (Lipinski definition) is 4. The second-order valence-electron chi connectivity index (χ2n) is 4.37. The van der Waals surface area contributed by atoms with Gasteiger partial charge in [0.1, 0.15) is 24.3 Å². The van der Waals surface area contributed by atoms with Crippen LogP contribution in [0.15, 0.2) is 53.7 Å². The maximum absolute atomic E-state index is 12.0. The molecule has 0 atom stereocenters. The molecule has 2 rings (SSSR count). The van der Waals surface area contributed by atoms with Gasteiger partial charge in [0.2, 0.25) is 0 Å². The lowest BCUT2D eigenvalue weighted by molar-refractivity contribution is -0.274. The van der Waals surface area contributed by atoms with Crippen LogP contribution in [0, 0.1) is 0 Å². The van der Waals surface area contributed by atoms with Gasteiger partial charge in [-0.15, -0.1) is 13.2 Å². The third-order valence-corrected chi connectivity index (χ3v) is 2.73. The second kappa shape index (κ2) is 7.53. The lowest BCUT2D eigenvalue weighted by Crippen LogP contribution is -2.17. The number of halogens is 3. The maximum atomic E-state index is 12.0. The molecule has 2 aromatic rings. The topological polar surface area (TPSA) is 40.0 Å². The van der Waals surface area contributed by atoms with Gasteiger partial charge in [-0.1, -0.05) is 29.4 Å². The van der Waals surface area contributed by atoms with Crippen molar-refractivity contribution in [2.45, 2.75) is 13.0 Å². The molecular weight excluding hydrogens is 311 g/mol. The van der Waals surface area contributed by atoms with Crippen molar-refractivity contribution in [1.29, 1.82) is 0 Å². The highest BCUT2D eigenvalue weighted by Gasteiger charge is 2.30. The van der Waals surface area contributed by atoms with Gasteiger partial charge in [0.25, 0.3) is 0 Å². The molecule has 1 radical (unpaired) electrons. The highest BCUT2D eigenvalue weighted by Crippen LogP contribution is 2.23. The quantitative estimate of drug-likeness (QED) is 0.595. The second-order valence-corrected chi connectivity index (χ2v) is 4.37. The average Bonchev–Trinajstić information content (AvgIpc) is 2.52. The third kappa shape index (κ3) is 5.54. The van der Waals surface area contributed by atoms with Crippen molar-refractivity contribution in [2.24, 2.45) is 5.16 Å². The summed E-state index contributed by atoms with van der Waals surface area (Å²) in [5.41, 5.74) is 1.27. The first kappa shape index (κ1) is 16.7. The van der Waals surface area contributed by atoms with Gasteiger partial charge in [-0.05, 0) is 29.8 Å². The monoisotopic (exact) mass is 324 g/mol. The van der Waals surface area contributed by atoms with E-state index in [1.165, 1.54) is 31.4 Å². The molecule has 23 heavy (non-hydrogen) atoms. The van der Waals surface area contributed by atoms with Gasteiger partial charge in [0.05, 0.1) is 7.11 Å². The van der Waals surface area contributed by atoms with Crippen molar-refractivity contribution in [1.82, 2.24) is 0 Å². The summed E-state index contributed by atoms with van der Waals surface area (Å²) in [6.07, 6.45) is -2.02. The average molecular weight is 324 g/mol. The predicted octanol–water partition coefficient (Wildman–Crippen LogP) is 4.02. The van der Waals surface area contributed by atoms with Crippen LogP contribution in [0.1, 0.15) is 11.1 Å². The Kier molecular flexibility index (Phi) is 5.46. The van der Waals surface area contributed by atoms with E-state index >= 15 is 0 Å². The van der Waals surface area contributed by atoms with Gasteiger partial charge in [-0.2, -0.15) is 0 Å². The summed E-state index contributed by atoms with van der Waals surface area (Å²) >= 11 is 0. The summed E-state index contributed by atoms with van der Waals surface area (Å²) in [6.45, 7) is 0.0917. The number of ether oxygens (including phenoxy) is 2. The smallest absolute Gasteiger partial charge is 0.496 e. The Morgan fingerprint density at radius 3 is 2.39 bits per heavy atom. The first-order chi connectivity index (χ1) is 11.0. The standard InChI is InChI=1S/C16H13F3NO3/c1-21-15-5-3-2-4-13(15)10-20-22-11-12-6-8-14(9-7-12)23-16(17,18)19/h2-9H,11H2,1H3. The largest absolute Gasteiger partial charge is 0.573 e. The zero-order valence-corrected chi connectivity index (χ0v) is 12.1. The SMILES string of the molecule is COc1ccccc1/[C]=N\OCc1ccc(OC(F)(F)F)cc1. The fraction of sp³-hybridized carbons (Fsp3) is 0.188. The number of hydrogen-bond donors (Lipinski definition) is 0. The minimum Gasteiger partial charge on any atom is -0.496 e. The molecule has 0 bridgehead atoms. The van der Waals surface area contributed by atoms with Crippen LogP contribution < -0.4 is 9.47 Å². The van der Waals surface area contributed by atoms with Gasteiger partial charge in [0.15, 0.2) is 0 Å². The molecule has 0 heterocycles. The van der Waals surface area contributed by atoms with Crippen molar-refractivity contribution in [3.8, 4) is 11.5 Å². The van der Waals surface area contributed by atoms with Crippen molar-refractivity contribution < 1.29 is 27.5 Å². The highest BCUT2D eigenvalue weighted by molar-refractivity contribution is 5.82. The Labute approximate surface area is 131 Å².